The molecule has 20 heavy (non-hydrogen) atoms. The summed E-state index contributed by atoms with van der Waals surface area (Å²) in [6.07, 6.45) is 1.86. The minimum absolute atomic E-state index is 0.698. The van der Waals surface area contributed by atoms with E-state index in [1.807, 2.05) is 49.5 Å². The summed E-state index contributed by atoms with van der Waals surface area (Å²) in [4.78, 5) is 5.32. The molecule has 0 aliphatic heterocycles. The second-order valence-electron chi connectivity index (χ2n) is 4.02. The van der Waals surface area contributed by atoms with E-state index in [1.54, 1.807) is 0 Å². The molecule has 1 nitrogen and oxygen atoms in total. The van der Waals surface area contributed by atoms with E-state index in [-0.39, 0.29) is 0 Å². The summed E-state index contributed by atoms with van der Waals surface area (Å²) in [5, 5.41) is 0. The van der Waals surface area contributed by atoms with Crippen LogP contribution in [0.3, 0.4) is 0 Å². The van der Waals surface area contributed by atoms with E-state index in [9.17, 15) is 0 Å². The Balaban J connectivity index is 0.000000612. The van der Waals surface area contributed by atoms with Crippen LogP contribution < -0.4 is 0 Å². The van der Waals surface area contributed by atoms with Crippen molar-refractivity contribution in [3.05, 3.63) is 65.2 Å². The van der Waals surface area contributed by atoms with Crippen molar-refractivity contribution in [2.45, 2.75) is 18.4 Å². The predicted octanol–water partition coefficient (Wildman–Crippen LogP) is 4.90. The molecule has 0 saturated carbocycles. The fraction of sp³-hybridized carbons (Fsp3) is 0.133. The summed E-state index contributed by atoms with van der Waals surface area (Å²) in [6, 6.07) is 16.2. The number of nitrogens with zero attached hydrogens (tertiary/aromatic N) is 1. The molecule has 2 aromatic carbocycles. The Morgan fingerprint density at radius 3 is 2.40 bits per heavy atom. The van der Waals surface area contributed by atoms with Crippen molar-refractivity contribution >= 4 is 35.9 Å². The molecule has 0 bridgehead atoms. The summed E-state index contributed by atoms with van der Waals surface area (Å²) < 4.78 is 0. The molecule has 0 radical (unpaired) electrons. The SMILES string of the molecule is Cc1cccc(C=NCc2ccccc2)c1[S-].[Cl][Zr][Cl]. The Hall–Kier alpha value is -0.207. The van der Waals surface area contributed by atoms with E-state index in [2.05, 4.69) is 17.1 Å². The molecule has 2 aromatic rings. The molecule has 0 atom stereocenters. The fourth-order valence-corrected chi connectivity index (χ4v) is 1.80. The van der Waals surface area contributed by atoms with Crippen LogP contribution in [-0.4, -0.2) is 6.21 Å². The van der Waals surface area contributed by atoms with Crippen LogP contribution in [0.4, 0.5) is 0 Å². The quantitative estimate of drug-likeness (QED) is 0.526. The van der Waals surface area contributed by atoms with Crippen molar-refractivity contribution < 1.29 is 20.8 Å². The van der Waals surface area contributed by atoms with Gasteiger partial charge in [-0.1, -0.05) is 54.1 Å². The van der Waals surface area contributed by atoms with Crippen LogP contribution in [0.25, 0.3) is 0 Å². The van der Waals surface area contributed by atoms with Gasteiger partial charge < -0.3 is 12.6 Å². The fourth-order valence-electron chi connectivity index (χ4n) is 1.61. The van der Waals surface area contributed by atoms with Crippen LogP contribution in [0, 0.1) is 6.92 Å². The number of aliphatic imine (C=N–C) groups is 1. The second-order valence-corrected chi connectivity index (χ2v) is 8.16. The molecular formula is C15H14Cl2NSZr-. The molecule has 0 aliphatic carbocycles. The third kappa shape index (κ3) is 6.50. The van der Waals surface area contributed by atoms with Gasteiger partial charge in [0.2, 0.25) is 0 Å². The Morgan fingerprint density at radius 1 is 1.10 bits per heavy atom. The minimum atomic E-state index is -0.826. The van der Waals surface area contributed by atoms with Gasteiger partial charge in [0.05, 0.1) is 6.54 Å². The first-order valence-electron chi connectivity index (χ1n) is 5.95. The summed E-state index contributed by atoms with van der Waals surface area (Å²) >= 11 is 4.51. The molecule has 0 spiro atoms. The number of aryl methyl sites for hydroxylation is 1. The van der Waals surface area contributed by atoms with Gasteiger partial charge in [0, 0.05) is 6.21 Å². The van der Waals surface area contributed by atoms with Crippen molar-refractivity contribution in [1.29, 1.82) is 0 Å². The average molecular weight is 402 g/mol. The van der Waals surface area contributed by atoms with Gasteiger partial charge in [-0.3, -0.25) is 4.99 Å². The van der Waals surface area contributed by atoms with Crippen LogP contribution in [0.1, 0.15) is 16.7 Å². The monoisotopic (exact) mass is 400 g/mol. The standard InChI is InChI=1S/C15H15NS.2ClH.Zr/c1-12-6-5-9-14(15(12)17)11-16-10-13-7-3-2-4-8-13;;;/h2-9,11,17H,10H2,1H3;2*1H;/q;;;+2/p-3. The number of rotatable bonds is 3. The predicted molar refractivity (Wildman–Crippen MR) is 86.3 cm³/mol. The van der Waals surface area contributed by atoms with Crippen molar-refractivity contribution in [2.24, 2.45) is 4.99 Å². The topological polar surface area (TPSA) is 12.4 Å². The van der Waals surface area contributed by atoms with Gasteiger partial charge in [-0.25, -0.2) is 0 Å². The zero-order valence-electron chi connectivity index (χ0n) is 11.0. The molecule has 0 unspecified atom stereocenters. The molecule has 0 fully saturated rings. The zero-order chi connectivity index (χ0) is 14.8. The van der Waals surface area contributed by atoms with Crippen LogP contribution in [0.5, 0.6) is 0 Å². The Labute approximate surface area is 144 Å². The van der Waals surface area contributed by atoms with Crippen LogP contribution in [0.2, 0.25) is 0 Å². The van der Waals surface area contributed by atoms with Crippen LogP contribution in [-0.2, 0) is 40.0 Å². The summed E-state index contributed by atoms with van der Waals surface area (Å²) in [5.41, 5.74) is 3.36. The molecule has 0 aromatic heterocycles. The van der Waals surface area contributed by atoms with Crippen molar-refractivity contribution in [3.63, 3.8) is 0 Å². The van der Waals surface area contributed by atoms with E-state index < -0.39 is 20.8 Å². The number of hydrogen-bond donors (Lipinski definition) is 0. The summed E-state index contributed by atoms with van der Waals surface area (Å²) in [6.45, 7) is 2.72. The van der Waals surface area contributed by atoms with Gasteiger partial charge in [-0.15, -0.1) is 0 Å². The Bertz CT molecular complexity index is 547. The molecular weight excluding hydrogens is 388 g/mol. The summed E-state index contributed by atoms with van der Waals surface area (Å²) in [5.74, 6) is 0. The van der Waals surface area contributed by atoms with Gasteiger partial charge in [0.1, 0.15) is 0 Å². The number of benzene rings is 2. The van der Waals surface area contributed by atoms with Crippen LogP contribution in [0.15, 0.2) is 58.4 Å². The second kappa shape index (κ2) is 10.5. The Kier molecular flexibility index (Phi) is 9.38. The maximum atomic E-state index is 5.33. The number of hydrogen-bond acceptors (Lipinski definition) is 2. The maximum absolute atomic E-state index is 5.33. The van der Waals surface area contributed by atoms with Gasteiger partial charge in [-0.2, -0.15) is 4.90 Å². The average Bonchev–Trinajstić information content (AvgIpc) is 2.45. The van der Waals surface area contributed by atoms with Crippen molar-refractivity contribution in [2.75, 3.05) is 0 Å². The van der Waals surface area contributed by atoms with E-state index in [1.165, 1.54) is 5.56 Å². The number of halogens is 2. The van der Waals surface area contributed by atoms with E-state index in [0.29, 0.717) is 6.54 Å². The van der Waals surface area contributed by atoms with Gasteiger partial charge in [0.15, 0.2) is 0 Å². The first-order chi connectivity index (χ1) is 9.69. The van der Waals surface area contributed by atoms with E-state index in [4.69, 9.17) is 29.7 Å². The van der Waals surface area contributed by atoms with E-state index >= 15 is 0 Å². The van der Waals surface area contributed by atoms with Gasteiger partial charge in [-0.05, 0) is 18.1 Å². The molecule has 5 heteroatoms. The molecule has 2 rings (SSSR count). The van der Waals surface area contributed by atoms with Crippen LogP contribution >= 0.6 is 17.0 Å². The Morgan fingerprint density at radius 2 is 1.75 bits per heavy atom. The molecule has 0 saturated heterocycles. The first-order valence-corrected chi connectivity index (χ1v) is 12.7. The zero-order valence-corrected chi connectivity index (χ0v) is 15.8. The molecule has 0 amide bonds. The van der Waals surface area contributed by atoms with E-state index in [0.717, 1.165) is 16.0 Å². The van der Waals surface area contributed by atoms with Crippen molar-refractivity contribution in [1.82, 2.24) is 0 Å². The molecule has 0 aliphatic rings. The molecule has 104 valence electrons. The third-order valence-corrected chi connectivity index (χ3v) is 3.15. The third-order valence-electron chi connectivity index (χ3n) is 2.59. The molecule has 0 N–H and O–H groups in total. The van der Waals surface area contributed by atoms with Gasteiger partial charge >= 0.3 is 37.9 Å². The first kappa shape index (κ1) is 17.8. The summed E-state index contributed by atoms with van der Waals surface area (Å²) in [7, 11) is 9.87. The normalized spacial score (nSPS) is 9.95. The van der Waals surface area contributed by atoms with Gasteiger partial charge in [0.25, 0.3) is 0 Å². The molecule has 0 heterocycles. The van der Waals surface area contributed by atoms with Crippen molar-refractivity contribution in [3.8, 4) is 0 Å².